The number of carbonyl (C=O) groups is 1. The van der Waals surface area contributed by atoms with Crippen LogP contribution in [0.25, 0.3) is 5.65 Å². The smallest absolute Gasteiger partial charge is 0.258 e. The molecular formula is C27H31ClFN5O3. The van der Waals surface area contributed by atoms with E-state index in [1.165, 1.54) is 18.2 Å². The van der Waals surface area contributed by atoms with Crippen molar-refractivity contribution in [3.8, 4) is 5.75 Å². The highest BCUT2D eigenvalue weighted by Crippen LogP contribution is 2.42. The van der Waals surface area contributed by atoms with Crippen molar-refractivity contribution >= 4 is 23.2 Å². The zero-order valence-electron chi connectivity index (χ0n) is 21.5. The number of ether oxygens (including phenoxy) is 1. The first-order valence-electron chi connectivity index (χ1n) is 12.8. The Labute approximate surface area is 220 Å². The maximum atomic E-state index is 14.3. The molecule has 0 unspecified atom stereocenters. The third-order valence-electron chi connectivity index (χ3n) is 8.37. The van der Waals surface area contributed by atoms with Crippen LogP contribution in [-0.4, -0.2) is 66.2 Å². The first-order chi connectivity index (χ1) is 17.6. The minimum absolute atomic E-state index is 0.0358. The first-order valence-corrected chi connectivity index (χ1v) is 13.2. The summed E-state index contributed by atoms with van der Waals surface area (Å²) in [4.78, 5) is 22.2. The van der Waals surface area contributed by atoms with Crippen LogP contribution < -0.4 is 4.74 Å². The zero-order valence-corrected chi connectivity index (χ0v) is 22.2. The lowest BCUT2D eigenvalue weighted by Gasteiger charge is -2.38. The van der Waals surface area contributed by atoms with Gasteiger partial charge in [-0.2, -0.15) is 5.10 Å². The highest BCUT2D eigenvalue weighted by Gasteiger charge is 2.51. The molecule has 10 heteroatoms. The molecule has 3 aliphatic rings. The molecule has 0 spiro atoms. The van der Waals surface area contributed by atoms with Crippen LogP contribution in [0.2, 0.25) is 5.02 Å². The number of aliphatic hydroxyl groups is 1. The lowest BCUT2D eigenvalue weighted by molar-refractivity contribution is -0.00694. The van der Waals surface area contributed by atoms with Gasteiger partial charge in [0.1, 0.15) is 17.7 Å². The van der Waals surface area contributed by atoms with E-state index in [2.05, 4.69) is 9.88 Å². The first kappa shape index (κ1) is 24.6. The molecule has 3 aromatic rings. The van der Waals surface area contributed by atoms with Crippen LogP contribution in [0.15, 0.2) is 18.2 Å². The number of fused-ring (bicyclic) bond motifs is 5. The van der Waals surface area contributed by atoms with Crippen molar-refractivity contribution in [3.63, 3.8) is 0 Å². The molecule has 4 atom stereocenters. The Morgan fingerprint density at radius 1 is 1.32 bits per heavy atom. The number of aromatic nitrogens is 3. The summed E-state index contributed by atoms with van der Waals surface area (Å²) in [6.07, 6.45) is 2.51. The third-order valence-corrected chi connectivity index (χ3v) is 8.87. The maximum Gasteiger partial charge on any atom is 0.258 e. The van der Waals surface area contributed by atoms with E-state index in [9.17, 15) is 14.3 Å². The molecule has 196 valence electrons. The van der Waals surface area contributed by atoms with Gasteiger partial charge in [-0.3, -0.25) is 9.69 Å². The quantitative estimate of drug-likeness (QED) is 0.554. The van der Waals surface area contributed by atoms with E-state index in [4.69, 9.17) is 21.4 Å². The van der Waals surface area contributed by atoms with Crippen LogP contribution in [0.3, 0.4) is 0 Å². The van der Waals surface area contributed by atoms with Crippen molar-refractivity contribution < 1.29 is 19.0 Å². The molecule has 1 amide bonds. The number of carbonyl (C=O) groups excluding carboxylic acids is 1. The summed E-state index contributed by atoms with van der Waals surface area (Å²) in [6.45, 7) is 6.44. The molecule has 2 bridgehead atoms. The van der Waals surface area contributed by atoms with Crippen LogP contribution in [0, 0.1) is 12.7 Å². The van der Waals surface area contributed by atoms with E-state index in [-0.39, 0.29) is 29.8 Å². The van der Waals surface area contributed by atoms with E-state index in [0.29, 0.717) is 55.0 Å². The summed E-state index contributed by atoms with van der Waals surface area (Å²) in [5, 5.41) is 16.2. The highest BCUT2D eigenvalue weighted by molar-refractivity contribution is 6.31. The van der Waals surface area contributed by atoms with Crippen molar-refractivity contribution in [2.24, 2.45) is 0 Å². The van der Waals surface area contributed by atoms with Crippen molar-refractivity contribution in [2.45, 2.75) is 83.3 Å². The second-order valence-electron chi connectivity index (χ2n) is 10.9. The standard InChI is InChI=1S/C27H31ClFN5O3/c1-5-21-24(28)14(2)30-25-19-12-33(13-20(19)31-34(21)25)26(35)18-7-6-15(29)8-22(18)37-17-9-16-11-27(3,36)23(10-17)32(16)4/h6-8,16-17,23,36H,5,9-13H2,1-4H3/t16-,17-,23+,27+/m0/s1. The molecule has 0 radical (unpaired) electrons. The van der Waals surface area contributed by atoms with E-state index in [1.807, 2.05) is 27.8 Å². The van der Waals surface area contributed by atoms with Crippen molar-refractivity contribution in [1.82, 2.24) is 24.4 Å². The molecule has 0 aliphatic carbocycles. The molecule has 5 heterocycles. The van der Waals surface area contributed by atoms with Gasteiger partial charge in [0.05, 0.1) is 46.4 Å². The van der Waals surface area contributed by atoms with Gasteiger partial charge in [-0.15, -0.1) is 0 Å². The van der Waals surface area contributed by atoms with Crippen molar-refractivity contribution in [3.05, 3.63) is 57.2 Å². The molecule has 3 aliphatic heterocycles. The predicted octanol–water partition coefficient (Wildman–Crippen LogP) is 3.91. The summed E-state index contributed by atoms with van der Waals surface area (Å²) >= 11 is 6.46. The summed E-state index contributed by atoms with van der Waals surface area (Å²) in [7, 11) is 2.03. The summed E-state index contributed by atoms with van der Waals surface area (Å²) < 4.78 is 22.4. The molecular weight excluding hydrogens is 497 g/mol. The van der Waals surface area contributed by atoms with Gasteiger partial charge >= 0.3 is 0 Å². The Balaban J connectivity index is 1.26. The SMILES string of the molecule is CCc1c(Cl)c(C)nc2c3c(nn12)CN(C(=O)c1ccc(F)cc1O[C@H]1C[C@H]2C[C@@](C)(O)[C@@H](C1)N2C)C3. The van der Waals surface area contributed by atoms with Crippen LogP contribution in [-0.2, 0) is 19.5 Å². The Bertz CT molecular complexity index is 1420. The molecule has 2 fully saturated rings. The van der Waals surface area contributed by atoms with Crippen LogP contribution >= 0.6 is 11.6 Å². The number of piperidine rings is 1. The number of hydrogen-bond acceptors (Lipinski definition) is 6. The third kappa shape index (κ3) is 3.90. The van der Waals surface area contributed by atoms with Gasteiger partial charge in [0.25, 0.3) is 5.91 Å². The monoisotopic (exact) mass is 527 g/mol. The van der Waals surface area contributed by atoms with Crippen molar-refractivity contribution in [2.75, 3.05) is 7.05 Å². The second kappa shape index (κ2) is 8.64. The maximum absolute atomic E-state index is 14.3. The van der Waals surface area contributed by atoms with Gasteiger partial charge < -0.3 is 14.7 Å². The van der Waals surface area contributed by atoms with Crippen LogP contribution in [0.5, 0.6) is 5.75 Å². The van der Waals surface area contributed by atoms with E-state index in [0.717, 1.165) is 22.6 Å². The fraction of sp³-hybridized carbons (Fsp3) is 0.519. The Hall–Kier alpha value is -2.75. The number of halogens is 2. The normalized spacial score (nSPS) is 27.2. The predicted molar refractivity (Wildman–Crippen MR) is 136 cm³/mol. The minimum atomic E-state index is -0.786. The van der Waals surface area contributed by atoms with Gasteiger partial charge in [0, 0.05) is 30.1 Å². The Kier molecular flexibility index (Phi) is 5.74. The minimum Gasteiger partial charge on any atom is -0.489 e. The fourth-order valence-electron chi connectivity index (χ4n) is 6.45. The van der Waals surface area contributed by atoms with Gasteiger partial charge in [-0.1, -0.05) is 18.5 Å². The molecule has 1 aromatic carbocycles. The lowest BCUT2D eigenvalue weighted by atomic mass is 9.94. The Morgan fingerprint density at radius 2 is 2.11 bits per heavy atom. The van der Waals surface area contributed by atoms with Crippen molar-refractivity contribution in [1.29, 1.82) is 0 Å². The average Bonchev–Trinajstić information content (AvgIpc) is 3.43. The average molecular weight is 528 g/mol. The van der Waals surface area contributed by atoms with E-state index < -0.39 is 11.4 Å². The number of likely N-dealkylation sites (N-methyl/N-ethyl adjacent to an activating group) is 1. The molecule has 1 N–H and O–H groups in total. The number of rotatable bonds is 4. The number of nitrogens with zero attached hydrogens (tertiary/aromatic N) is 5. The second-order valence-corrected chi connectivity index (χ2v) is 11.3. The topological polar surface area (TPSA) is 83.2 Å². The van der Waals surface area contributed by atoms with Crippen LogP contribution in [0.4, 0.5) is 4.39 Å². The summed E-state index contributed by atoms with van der Waals surface area (Å²) in [5.41, 5.74) is 3.58. The number of benzene rings is 1. The largest absolute Gasteiger partial charge is 0.489 e. The number of hydrogen-bond donors (Lipinski definition) is 1. The number of amides is 1. The highest BCUT2D eigenvalue weighted by atomic mass is 35.5. The molecule has 8 nitrogen and oxygen atoms in total. The number of aryl methyl sites for hydroxylation is 2. The fourth-order valence-corrected chi connectivity index (χ4v) is 6.70. The summed E-state index contributed by atoms with van der Waals surface area (Å²) in [6, 6.07) is 4.22. The van der Waals surface area contributed by atoms with Gasteiger partial charge in [-0.25, -0.2) is 13.9 Å². The van der Waals surface area contributed by atoms with Gasteiger partial charge in [0.15, 0.2) is 5.65 Å². The van der Waals surface area contributed by atoms with E-state index >= 15 is 0 Å². The Morgan fingerprint density at radius 3 is 2.84 bits per heavy atom. The van der Waals surface area contributed by atoms with E-state index in [1.54, 1.807) is 9.42 Å². The van der Waals surface area contributed by atoms with Crippen LogP contribution in [0.1, 0.15) is 66.1 Å². The molecule has 6 rings (SSSR count). The molecule has 2 saturated heterocycles. The lowest BCUT2D eigenvalue weighted by Crippen LogP contribution is -2.48. The van der Waals surface area contributed by atoms with Gasteiger partial charge in [0.2, 0.25) is 0 Å². The molecule has 0 saturated carbocycles. The van der Waals surface area contributed by atoms with Gasteiger partial charge in [-0.05, 0) is 52.3 Å². The summed E-state index contributed by atoms with van der Waals surface area (Å²) in [5.74, 6) is -0.456. The zero-order chi connectivity index (χ0) is 26.2. The molecule has 2 aromatic heterocycles. The molecule has 37 heavy (non-hydrogen) atoms.